The molecule has 0 unspecified atom stereocenters. The number of hydrogen-bond acceptors (Lipinski definition) is 4. The van der Waals surface area contributed by atoms with Crippen molar-refractivity contribution in [3.05, 3.63) is 65.5 Å². The van der Waals surface area contributed by atoms with Crippen LogP contribution in [0, 0.1) is 12.7 Å². The summed E-state index contributed by atoms with van der Waals surface area (Å²) in [6, 6.07) is 9.54. The van der Waals surface area contributed by atoms with Crippen LogP contribution < -0.4 is 10.1 Å². The van der Waals surface area contributed by atoms with E-state index in [1.165, 1.54) is 42.5 Å². The predicted octanol–water partition coefficient (Wildman–Crippen LogP) is 3.93. The molecule has 0 aromatic heterocycles. The zero-order valence-corrected chi connectivity index (χ0v) is 14.2. The third kappa shape index (κ3) is 6.85. The third-order valence-electron chi connectivity index (χ3n) is 3.34. The van der Waals surface area contributed by atoms with Gasteiger partial charge in [-0.25, -0.2) is 9.18 Å². The second-order valence-corrected chi connectivity index (χ2v) is 5.40. The van der Waals surface area contributed by atoms with Gasteiger partial charge < -0.3 is 14.8 Å². The maximum Gasteiger partial charge on any atom is 0.387 e. The van der Waals surface area contributed by atoms with E-state index in [4.69, 9.17) is 4.74 Å². The fraction of sp³-hybridized carbons (Fsp3) is 0.158. The topological polar surface area (TPSA) is 64.6 Å². The van der Waals surface area contributed by atoms with E-state index < -0.39 is 30.9 Å². The van der Waals surface area contributed by atoms with Crippen molar-refractivity contribution >= 4 is 23.6 Å². The van der Waals surface area contributed by atoms with Crippen LogP contribution in [-0.4, -0.2) is 25.1 Å². The lowest BCUT2D eigenvalue weighted by Gasteiger charge is -2.08. The van der Waals surface area contributed by atoms with Crippen LogP contribution >= 0.6 is 0 Å². The van der Waals surface area contributed by atoms with Crippen molar-refractivity contribution in [3.8, 4) is 5.75 Å². The smallest absolute Gasteiger partial charge is 0.387 e. The average molecular weight is 379 g/mol. The van der Waals surface area contributed by atoms with E-state index >= 15 is 0 Å². The highest BCUT2D eigenvalue weighted by molar-refractivity contribution is 5.95. The van der Waals surface area contributed by atoms with Crippen LogP contribution in [0.3, 0.4) is 0 Å². The fourth-order valence-electron chi connectivity index (χ4n) is 2.02. The number of amides is 1. The van der Waals surface area contributed by atoms with Crippen LogP contribution in [0.2, 0.25) is 0 Å². The molecule has 0 bridgehead atoms. The molecule has 142 valence electrons. The Morgan fingerprint density at radius 2 is 1.85 bits per heavy atom. The molecule has 0 atom stereocenters. The summed E-state index contributed by atoms with van der Waals surface area (Å²) < 4.78 is 46.3. The number of aryl methyl sites for hydroxylation is 1. The number of anilines is 1. The summed E-state index contributed by atoms with van der Waals surface area (Å²) in [6.07, 6.45) is 2.48. The van der Waals surface area contributed by atoms with Crippen LogP contribution in [0.15, 0.2) is 48.5 Å². The summed E-state index contributed by atoms with van der Waals surface area (Å²) in [7, 11) is 0. The van der Waals surface area contributed by atoms with E-state index in [9.17, 15) is 22.8 Å². The molecule has 0 radical (unpaired) electrons. The van der Waals surface area contributed by atoms with Gasteiger partial charge in [0.2, 0.25) is 0 Å². The molecule has 1 N–H and O–H groups in total. The maximum absolute atomic E-state index is 13.2. The van der Waals surface area contributed by atoms with Gasteiger partial charge >= 0.3 is 12.6 Å². The van der Waals surface area contributed by atoms with Crippen LogP contribution in [0.4, 0.5) is 18.9 Å². The van der Waals surface area contributed by atoms with Crippen molar-refractivity contribution < 1.29 is 32.2 Å². The number of hydrogen-bond donors (Lipinski definition) is 1. The summed E-state index contributed by atoms with van der Waals surface area (Å²) in [5.41, 5.74) is 1.50. The Morgan fingerprint density at radius 1 is 1.15 bits per heavy atom. The largest absolute Gasteiger partial charge is 0.452 e. The molecule has 2 aromatic rings. The van der Waals surface area contributed by atoms with Gasteiger partial charge in [0, 0.05) is 11.8 Å². The first kappa shape index (κ1) is 20.0. The molecule has 2 aromatic carbocycles. The first-order chi connectivity index (χ1) is 12.8. The molecule has 0 saturated carbocycles. The molecule has 0 aliphatic carbocycles. The summed E-state index contributed by atoms with van der Waals surface area (Å²) in [4.78, 5) is 23.4. The van der Waals surface area contributed by atoms with E-state index in [0.29, 0.717) is 11.1 Å². The first-order valence-electron chi connectivity index (χ1n) is 7.79. The van der Waals surface area contributed by atoms with Gasteiger partial charge in [0.05, 0.1) is 0 Å². The Labute approximate surface area is 153 Å². The van der Waals surface area contributed by atoms with E-state index in [0.717, 1.165) is 12.1 Å². The second-order valence-electron chi connectivity index (χ2n) is 5.40. The van der Waals surface area contributed by atoms with Gasteiger partial charge in [0.15, 0.2) is 6.61 Å². The molecule has 8 heteroatoms. The minimum atomic E-state index is -2.91. The van der Waals surface area contributed by atoms with Crippen molar-refractivity contribution in [1.82, 2.24) is 0 Å². The molecule has 2 rings (SSSR count). The number of nitrogens with one attached hydrogen (secondary N) is 1. The lowest BCUT2D eigenvalue weighted by molar-refractivity contribution is -0.142. The van der Waals surface area contributed by atoms with Crippen LogP contribution in [0.1, 0.15) is 11.1 Å². The zero-order chi connectivity index (χ0) is 19.8. The van der Waals surface area contributed by atoms with Gasteiger partial charge in [0.25, 0.3) is 5.91 Å². The number of benzene rings is 2. The molecule has 0 spiro atoms. The van der Waals surface area contributed by atoms with Gasteiger partial charge in [-0.05, 0) is 48.4 Å². The Hall–Kier alpha value is -3.29. The molecule has 0 heterocycles. The number of alkyl halides is 2. The highest BCUT2D eigenvalue weighted by atomic mass is 19.3. The first-order valence-corrected chi connectivity index (χ1v) is 7.79. The third-order valence-corrected chi connectivity index (χ3v) is 3.34. The van der Waals surface area contributed by atoms with E-state index in [-0.39, 0.29) is 11.4 Å². The molecular formula is C19H16F3NO4. The van der Waals surface area contributed by atoms with Gasteiger partial charge in [-0.15, -0.1) is 0 Å². The van der Waals surface area contributed by atoms with Gasteiger partial charge in [0.1, 0.15) is 11.6 Å². The zero-order valence-electron chi connectivity index (χ0n) is 14.2. The predicted molar refractivity (Wildman–Crippen MR) is 92.8 cm³/mol. The maximum atomic E-state index is 13.2. The van der Waals surface area contributed by atoms with Crippen molar-refractivity contribution in [3.63, 3.8) is 0 Å². The summed E-state index contributed by atoms with van der Waals surface area (Å²) in [5.74, 6) is -1.89. The Kier molecular flexibility index (Phi) is 6.99. The SMILES string of the molecule is Cc1ccc(F)cc1NC(=O)COC(=O)C=Cc1ccc(OC(F)F)cc1. The fourth-order valence-corrected chi connectivity index (χ4v) is 2.02. The quantitative estimate of drug-likeness (QED) is 0.585. The molecular weight excluding hydrogens is 363 g/mol. The Morgan fingerprint density at radius 3 is 2.52 bits per heavy atom. The van der Waals surface area contributed by atoms with Crippen LogP contribution in [0.5, 0.6) is 5.75 Å². The molecule has 0 aliphatic rings. The second kappa shape index (κ2) is 9.42. The Bertz CT molecular complexity index is 835. The van der Waals surface area contributed by atoms with Gasteiger partial charge in [-0.3, -0.25) is 4.79 Å². The molecule has 0 saturated heterocycles. The lowest BCUT2D eigenvalue weighted by atomic mass is 10.2. The molecule has 5 nitrogen and oxygen atoms in total. The number of carbonyl (C=O) groups is 2. The van der Waals surface area contributed by atoms with Crippen molar-refractivity contribution in [2.24, 2.45) is 0 Å². The molecule has 27 heavy (non-hydrogen) atoms. The van der Waals surface area contributed by atoms with Crippen LogP contribution in [0.25, 0.3) is 6.08 Å². The monoisotopic (exact) mass is 379 g/mol. The number of halogens is 3. The number of ether oxygens (including phenoxy) is 2. The van der Waals surface area contributed by atoms with Crippen molar-refractivity contribution in [1.29, 1.82) is 0 Å². The number of carbonyl (C=O) groups excluding carboxylic acids is 2. The minimum Gasteiger partial charge on any atom is -0.452 e. The molecule has 1 amide bonds. The average Bonchev–Trinajstić information content (AvgIpc) is 2.62. The highest BCUT2D eigenvalue weighted by Gasteiger charge is 2.08. The van der Waals surface area contributed by atoms with Gasteiger partial charge in [-0.1, -0.05) is 18.2 Å². The summed E-state index contributed by atoms with van der Waals surface area (Å²) >= 11 is 0. The van der Waals surface area contributed by atoms with Crippen molar-refractivity contribution in [2.75, 3.05) is 11.9 Å². The van der Waals surface area contributed by atoms with E-state index in [1.54, 1.807) is 6.92 Å². The number of rotatable bonds is 7. The highest BCUT2D eigenvalue weighted by Crippen LogP contribution is 2.16. The van der Waals surface area contributed by atoms with Crippen LogP contribution in [-0.2, 0) is 14.3 Å². The Balaban J connectivity index is 1.82. The van der Waals surface area contributed by atoms with Gasteiger partial charge in [-0.2, -0.15) is 8.78 Å². The lowest BCUT2D eigenvalue weighted by Crippen LogP contribution is -2.20. The summed E-state index contributed by atoms with van der Waals surface area (Å²) in [6.45, 7) is -1.76. The standard InChI is InChI=1S/C19H16F3NO4/c1-12-2-6-14(20)10-16(12)23-17(24)11-26-18(25)9-5-13-3-7-15(8-4-13)27-19(21)22/h2-10,19H,11H2,1H3,(H,23,24). The molecule has 0 fully saturated rings. The summed E-state index contributed by atoms with van der Waals surface area (Å²) in [5, 5.41) is 2.45. The van der Waals surface area contributed by atoms with E-state index in [1.807, 2.05) is 0 Å². The normalized spacial score (nSPS) is 10.9. The van der Waals surface area contributed by atoms with E-state index in [2.05, 4.69) is 10.1 Å². The minimum absolute atomic E-state index is 0.00552. The number of esters is 1. The van der Waals surface area contributed by atoms with Crippen molar-refractivity contribution in [2.45, 2.75) is 13.5 Å². The molecule has 0 aliphatic heterocycles.